The van der Waals surface area contributed by atoms with E-state index in [9.17, 15) is 9.18 Å². The van der Waals surface area contributed by atoms with Crippen LogP contribution in [0.4, 0.5) is 4.39 Å². The minimum absolute atomic E-state index is 0.168. The summed E-state index contributed by atoms with van der Waals surface area (Å²) in [6.07, 6.45) is 0.717. The molecule has 2 aromatic rings. The Bertz CT molecular complexity index is 747. The van der Waals surface area contributed by atoms with Crippen molar-refractivity contribution in [3.05, 3.63) is 59.4 Å². The van der Waals surface area contributed by atoms with Crippen molar-refractivity contribution in [2.75, 3.05) is 27.4 Å². The Balaban J connectivity index is 1.76. The molecule has 0 bridgehead atoms. The molecule has 25 heavy (non-hydrogen) atoms. The van der Waals surface area contributed by atoms with Gasteiger partial charge in [-0.1, -0.05) is 12.1 Å². The van der Waals surface area contributed by atoms with Gasteiger partial charge in [-0.2, -0.15) is 0 Å². The second kappa shape index (κ2) is 7.53. The van der Waals surface area contributed by atoms with Gasteiger partial charge in [-0.25, -0.2) is 4.39 Å². The Kier molecular flexibility index (Phi) is 5.19. The van der Waals surface area contributed by atoms with Crippen molar-refractivity contribution >= 4 is 5.91 Å². The number of hydrogen-bond donors (Lipinski definition) is 1. The molecule has 0 radical (unpaired) electrons. The van der Waals surface area contributed by atoms with E-state index >= 15 is 0 Å². The van der Waals surface area contributed by atoms with E-state index in [4.69, 9.17) is 9.47 Å². The lowest BCUT2D eigenvalue weighted by Gasteiger charge is -2.21. The van der Waals surface area contributed by atoms with Gasteiger partial charge in [-0.15, -0.1) is 0 Å². The van der Waals surface area contributed by atoms with Crippen molar-refractivity contribution in [3.8, 4) is 11.5 Å². The largest absolute Gasteiger partial charge is 0.454 e. The second-order valence-corrected chi connectivity index (χ2v) is 6.24. The van der Waals surface area contributed by atoms with Crippen molar-refractivity contribution in [1.82, 2.24) is 10.2 Å². The molecular weight excluding hydrogens is 323 g/mol. The van der Waals surface area contributed by atoms with Crippen LogP contribution in [0.5, 0.6) is 11.5 Å². The highest BCUT2D eigenvalue weighted by atomic mass is 19.1. The Morgan fingerprint density at radius 1 is 1.16 bits per heavy atom. The summed E-state index contributed by atoms with van der Waals surface area (Å²) in [4.78, 5) is 14.7. The summed E-state index contributed by atoms with van der Waals surface area (Å²) in [5.74, 6) is 0.710. The molecule has 5 nitrogen and oxygen atoms in total. The number of rotatable bonds is 6. The standard InChI is InChI=1S/C19H21FN2O3/c1-22(2)10-9-16(13-3-6-15(20)7-4-13)21-19(23)14-5-8-17-18(11-14)25-12-24-17/h3-8,11,16H,9-10,12H2,1-2H3,(H,21,23). The normalized spacial score (nSPS) is 13.8. The van der Waals surface area contributed by atoms with E-state index < -0.39 is 0 Å². The van der Waals surface area contributed by atoms with Crippen LogP contribution in [0.2, 0.25) is 0 Å². The maximum absolute atomic E-state index is 13.2. The molecule has 132 valence electrons. The SMILES string of the molecule is CN(C)CCC(NC(=O)c1ccc2c(c1)OCO2)c1ccc(F)cc1. The molecular formula is C19H21FN2O3. The van der Waals surface area contributed by atoms with Crippen LogP contribution in [0, 0.1) is 5.82 Å². The smallest absolute Gasteiger partial charge is 0.251 e. The van der Waals surface area contributed by atoms with Crippen LogP contribution in [0.15, 0.2) is 42.5 Å². The van der Waals surface area contributed by atoms with Crippen molar-refractivity contribution in [3.63, 3.8) is 0 Å². The van der Waals surface area contributed by atoms with E-state index in [1.54, 1.807) is 30.3 Å². The fourth-order valence-electron chi connectivity index (χ4n) is 2.68. The van der Waals surface area contributed by atoms with Gasteiger partial charge in [0.15, 0.2) is 11.5 Å². The van der Waals surface area contributed by atoms with Crippen LogP contribution in [-0.2, 0) is 0 Å². The van der Waals surface area contributed by atoms with Crippen LogP contribution in [0.25, 0.3) is 0 Å². The van der Waals surface area contributed by atoms with Gasteiger partial charge in [0.2, 0.25) is 6.79 Å². The Hall–Kier alpha value is -2.60. The maximum atomic E-state index is 13.2. The van der Waals surface area contributed by atoms with Crippen molar-refractivity contribution in [1.29, 1.82) is 0 Å². The number of halogens is 1. The van der Waals surface area contributed by atoms with Gasteiger partial charge in [0.05, 0.1) is 6.04 Å². The summed E-state index contributed by atoms with van der Waals surface area (Å²) in [6, 6.07) is 11.1. The number of fused-ring (bicyclic) bond motifs is 1. The third kappa shape index (κ3) is 4.28. The Labute approximate surface area is 146 Å². The molecule has 1 aliphatic heterocycles. The van der Waals surface area contributed by atoms with Gasteiger partial charge >= 0.3 is 0 Å². The number of ether oxygens (including phenoxy) is 2. The van der Waals surface area contributed by atoms with Gasteiger partial charge in [-0.05, 0) is 63.0 Å². The highest BCUT2D eigenvalue weighted by Crippen LogP contribution is 2.32. The molecule has 0 fully saturated rings. The summed E-state index contributed by atoms with van der Waals surface area (Å²) in [7, 11) is 3.95. The second-order valence-electron chi connectivity index (χ2n) is 6.24. The number of amides is 1. The van der Waals surface area contributed by atoms with Crippen molar-refractivity contribution in [2.24, 2.45) is 0 Å². The Morgan fingerprint density at radius 2 is 1.88 bits per heavy atom. The first-order valence-corrected chi connectivity index (χ1v) is 8.13. The van der Waals surface area contributed by atoms with Gasteiger partial charge in [0.25, 0.3) is 5.91 Å². The monoisotopic (exact) mass is 344 g/mol. The first-order chi connectivity index (χ1) is 12.0. The van der Waals surface area contributed by atoms with Crippen molar-refractivity contribution in [2.45, 2.75) is 12.5 Å². The number of carbonyl (C=O) groups excluding carboxylic acids is 1. The molecule has 1 unspecified atom stereocenters. The van der Waals surface area contributed by atoms with E-state index in [1.165, 1.54) is 12.1 Å². The predicted molar refractivity (Wildman–Crippen MR) is 92.3 cm³/mol. The number of nitrogens with zero attached hydrogens (tertiary/aromatic N) is 1. The molecule has 0 aromatic heterocycles. The fraction of sp³-hybridized carbons (Fsp3) is 0.316. The Morgan fingerprint density at radius 3 is 2.60 bits per heavy atom. The van der Waals surface area contributed by atoms with Gasteiger partial charge < -0.3 is 19.7 Å². The molecule has 1 heterocycles. The van der Waals surface area contributed by atoms with E-state index in [2.05, 4.69) is 5.32 Å². The number of hydrogen-bond acceptors (Lipinski definition) is 4. The molecule has 1 atom stereocenters. The average molecular weight is 344 g/mol. The summed E-state index contributed by atoms with van der Waals surface area (Å²) in [6.45, 7) is 0.963. The maximum Gasteiger partial charge on any atom is 0.251 e. The number of nitrogens with one attached hydrogen (secondary N) is 1. The van der Waals surface area contributed by atoms with Gasteiger partial charge in [0.1, 0.15) is 5.82 Å². The molecule has 0 aliphatic carbocycles. The third-order valence-corrected chi connectivity index (χ3v) is 4.08. The molecule has 1 N–H and O–H groups in total. The third-order valence-electron chi connectivity index (χ3n) is 4.08. The predicted octanol–water partition coefficient (Wildman–Crippen LogP) is 2.98. The van der Waals surface area contributed by atoms with Gasteiger partial charge in [-0.3, -0.25) is 4.79 Å². The first kappa shape index (κ1) is 17.2. The topological polar surface area (TPSA) is 50.8 Å². The molecule has 1 aliphatic rings. The minimum atomic E-state index is -0.294. The van der Waals surface area contributed by atoms with Crippen molar-refractivity contribution < 1.29 is 18.7 Å². The first-order valence-electron chi connectivity index (χ1n) is 8.13. The van der Waals surface area contributed by atoms with Crippen LogP contribution in [0.1, 0.15) is 28.4 Å². The summed E-state index contributed by atoms with van der Waals surface area (Å²) in [5.41, 5.74) is 1.37. The minimum Gasteiger partial charge on any atom is -0.454 e. The lowest BCUT2D eigenvalue weighted by molar-refractivity contribution is 0.0932. The summed E-state index contributed by atoms with van der Waals surface area (Å²) < 4.78 is 23.8. The van der Waals surface area contributed by atoms with E-state index in [0.29, 0.717) is 17.1 Å². The number of benzene rings is 2. The zero-order valence-electron chi connectivity index (χ0n) is 14.3. The molecule has 3 rings (SSSR count). The summed E-state index contributed by atoms with van der Waals surface area (Å²) in [5, 5.41) is 3.03. The molecule has 1 amide bonds. The zero-order chi connectivity index (χ0) is 17.8. The molecule has 2 aromatic carbocycles. The van der Waals surface area contributed by atoms with Crippen LogP contribution < -0.4 is 14.8 Å². The van der Waals surface area contributed by atoms with Crippen LogP contribution >= 0.6 is 0 Å². The lowest BCUT2D eigenvalue weighted by atomic mass is 10.0. The molecule has 0 saturated carbocycles. The highest BCUT2D eigenvalue weighted by Gasteiger charge is 2.19. The molecule has 6 heteroatoms. The summed E-state index contributed by atoms with van der Waals surface area (Å²) >= 11 is 0. The molecule has 0 saturated heterocycles. The van der Waals surface area contributed by atoms with E-state index in [-0.39, 0.29) is 24.6 Å². The quantitative estimate of drug-likeness (QED) is 0.875. The van der Waals surface area contributed by atoms with E-state index in [0.717, 1.165) is 18.5 Å². The number of carbonyl (C=O) groups is 1. The van der Waals surface area contributed by atoms with Crippen LogP contribution in [0.3, 0.4) is 0 Å². The lowest BCUT2D eigenvalue weighted by Crippen LogP contribution is -2.31. The fourth-order valence-corrected chi connectivity index (χ4v) is 2.68. The average Bonchev–Trinajstić information content (AvgIpc) is 3.06. The molecule has 0 spiro atoms. The highest BCUT2D eigenvalue weighted by molar-refractivity contribution is 5.95. The van der Waals surface area contributed by atoms with E-state index in [1.807, 2.05) is 19.0 Å². The zero-order valence-corrected chi connectivity index (χ0v) is 14.3. The van der Waals surface area contributed by atoms with Crippen LogP contribution in [-0.4, -0.2) is 38.2 Å². The van der Waals surface area contributed by atoms with Gasteiger partial charge in [0, 0.05) is 5.56 Å².